The van der Waals surface area contributed by atoms with E-state index in [1.54, 1.807) is 0 Å². The summed E-state index contributed by atoms with van der Waals surface area (Å²) in [6.45, 7) is 3.02. The summed E-state index contributed by atoms with van der Waals surface area (Å²) in [6, 6.07) is 0. The van der Waals surface area contributed by atoms with Crippen LogP contribution in [-0.2, 0) is 46.5 Å². The van der Waals surface area contributed by atoms with E-state index < -0.39 is 83.5 Å². The quantitative estimate of drug-likeness (QED) is 0.0103. The Balaban J connectivity index is 1.83. The second kappa shape index (κ2) is 33.6. The van der Waals surface area contributed by atoms with E-state index in [9.17, 15) is 53.8 Å². The Kier molecular flexibility index (Phi) is 30.6. The largest absolute Gasteiger partial charge is 0.472 e. The minimum absolute atomic E-state index is 0.0386. The van der Waals surface area contributed by atoms with Crippen molar-refractivity contribution in [2.75, 3.05) is 13.2 Å². The van der Waals surface area contributed by atoms with Gasteiger partial charge in [0.05, 0.1) is 18.8 Å². The van der Waals surface area contributed by atoms with Gasteiger partial charge in [0, 0.05) is 12.8 Å². The fraction of sp³-hybridized carbons (Fsp3) is 0.822. The maximum Gasteiger partial charge on any atom is 0.472 e. The zero-order chi connectivity index (χ0) is 47.2. The third-order valence-corrected chi connectivity index (χ3v) is 12.6. The van der Waals surface area contributed by atoms with Crippen LogP contribution in [-0.4, -0.2) is 115 Å². The molecule has 19 heteroatoms. The van der Waals surface area contributed by atoms with Gasteiger partial charge in [-0.3, -0.25) is 23.2 Å². The van der Waals surface area contributed by atoms with E-state index in [0.717, 1.165) is 51.4 Å². The van der Waals surface area contributed by atoms with Gasteiger partial charge >= 0.3 is 27.6 Å². The number of aliphatic hydroxyl groups excluding tert-OH is 4. The molecule has 2 fully saturated rings. The molecule has 0 amide bonds. The van der Waals surface area contributed by atoms with Crippen molar-refractivity contribution in [1.29, 1.82) is 0 Å². The number of ether oxygens (including phenoxy) is 3. The molecule has 0 radical (unpaired) electrons. The molecule has 2 rings (SSSR count). The van der Waals surface area contributed by atoms with Crippen LogP contribution in [0.5, 0.6) is 0 Å². The fourth-order valence-corrected chi connectivity index (χ4v) is 8.83. The zero-order valence-corrected chi connectivity index (χ0v) is 39.9. The summed E-state index contributed by atoms with van der Waals surface area (Å²) in [5.74, 6) is -1.28. The zero-order valence-electron chi connectivity index (χ0n) is 38.2. The van der Waals surface area contributed by atoms with Crippen molar-refractivity contribution in [3.05, 3.63) is 36.5 Å². The van der Waals surface area contributed by atoms with Crippen molar-refractivity contribution in [2.45, 2.75) is 223 Å². The first kappa shape index (κ1) is 58.3. The highest BCUT2D eigenvalue weighted by atomic mass is 31.2. The summed E-state index contributed by atoms with van der Waals surface area (Å²) >= 11 is 0. The van der Waals surface area contributed by atoms with Gasteiger partial charge in [-0.05, 0) is 51.4 Å². The molecule has 1 heterocycles. The van der Waals surface area contributed by atoms with Gasteiger partial charge in [0.2, 0.25) is 0 Å². The number of epoxide rings is 1. The molecule has 10 atom stereocenters. The summed E-state index contributed by atoms with van der Waals surface area (Å²) in [5, 5.41) is 41.2. The van der Waals surface area contributed by atoms with Crippen LogP contribution in [0.3, 0.4) is 0 Å². The molecule has 64 heavy (non-hydrogen) atoms. The van der Waals surface area contributed by atoms with E-state index in [2.05, 4.69) is 42.7 Å². The Morgan fingerprint density at radius 2 is 1.05 bits per heavy atom. The van der Waals surface area contributed by atoms with Crippen LogP contribution in [0.2, 0.25) is 0 Å². The number of carbonyl (C=O) groups excluding carboxylic acids is 2. The Labute approximate surface area is 380 Å². The highest BCUT2D eigenvalue weighted by molar-refractivity contribution is 7.47. The first-order valence-corrected chi connectivity index (χ1v) is 26.7. The molecule has 1 saturated heterocycles. The third-order valence-electron chi connectivity index (χ3n) is 11.1. The van der Waals surface area contributed by atoms with Crippen LogP contribution in [0.1, 0.15) is 168 Å². The lowest BCUT2D eigenvalue weighted by atomic mass is 9.85. The molecule has 372 valence electrons. The summed E-state index contributed by atoms with van der Waals surface area (Å²) < 4.78 is 55.1. The van der Waals surface area contributed by atoms with E-state index in [1.807, 2.05) is 12.2 Å². The van der Waals surface area contributed by atoms with E-state index in [0.29, 0.717) is 19.3 Å². The molecule has 0 spiro atoms. The molecule has 0 aromatic heterocycles. The number of esters is 2. The molecule has 1 saturated carbocycles. The minimum atomic E-state index is -5.37. The monoisotopic (exact) mass is 954 g/mol. The van der Waals surface area contributed by atoms with Gasteiger partial charge in [-0.25, -0.2) is 9.13 Å². The van der Waals surface area contributed by atoms with E-state index in [-0.39, 0.29) is 25.0 Å². The average molecular weight is 955 g/mol. The molecule has 0 bridgehead atoms. The Morgan fingerprint density at radius 3 is 1.64 bits per heavy atom. The van der Waals surface area contributed by atoms with E-state index >= 15 is 0 Å². The summed E-state index contributed by atoms with van der Waals surface area (Å²) in [5.41, 5.74) is 0. The number of hydrogen-bond acceptors (Lipinski definition) is 14. The summed E-state index contributed by atoms with van der Waals surface area (Å²) in [7, 11) is -10.7. The van der Waals surface area contributed by atoms with Crippen LogP contribution in [0.25, 0.3) is 0 Å². The average Bonchev–Trinajstić information content (AvgIpc) is 4.01. The van der Waals surface area contributed by atoms with Crippen LogP contribution < -0.4 is 0 Å². The van der Waals surface area contributed by atoms with Gasteiger partial charge in [-0.15, -0.1) is 0 Å². The molecule has 7 N–H and O–H groups in total. The number of allylic oxidation sites excluding steroid dienone is 4. The summed E-state index contributed by atoms with van der Waals surface area (Å²) in [4.78, 5) is 54.3. The van der Waals surface area contributed by atoms with Crippen LogP contribution in [0, 0.1) is 0 Å². The molecule has 1 aliphatic carbocycles. The standard InChI is InChI=1S/C45H80O17P2/c1-3-5-7-9-11-13-14-15-16-18-20-22-27-31-38(46)57-33-35(34-58-64(55,56)62-45-42(50)40(48)41(49)44(43(45)51)61-63(52,53)54)59-39(47)32-28-24-23-26-30-37-36(60-37)29-25-21-19-17-12-10-8-6-4-2/h12,17,21,23,25-26,35-37,40-45,48-51H,3-11,13-16,18-20,22,24,27-34H2,1-2H3,(H,55,56)(H2,52,53,54)/b17-12-,25-21-,26-23-/t35-,36?,37?,40?,41?,42?,43?,44-,45+/m1/s1. The third kappa shape index (κ3) is 27.1. The highest BCUT2D eigenvalue weighted by Crippen LogP contribution is 2.49. The molecular weight excluding hydrogens is 874 g/mol. The lowest BCUT2D eigenvalue weighted by Gasteiger charge is -2.43. The Morgan fingerprint density at radius 1 is 0.562 bits per heavy atom. The predicted octanol–water partition coefficient (Wildman–Crippen LogP) is 7.72. The molecular formula is C45H80O17P2. The number of rotatable bonds is 38. The summed E-state index contributed by atoms with van der Waals surface area (Å²) in [6.07, 6.45) is 21.3. The molecule has 2 aliphatic rings. The van der Waals surface area contributed by atoms with Gasteiger partial charge in [0.25, 0.3) is 0 Å². The van der Waals surface area contributed by atoms with Crippen molar-refractivity contribution in [3.8, 4) is 0 Å². The maximum absolute atomic E-state index is 13.0. The Bertz CT molecular complexity index is 1450. The number of phosphoric acid groups is 2. The number of hydrogen-bond donors (Lipinski definition) is 7. The van der Waals surface area contributed by atoms with Gasteiger partial charge in [0.15, 0.2) is 6.10 Å². The number of aliphatic hydroxyl groups is 4. The van der Waals surface area contributed by atoms with Crippen LogP contribution in [0.4, 0.5) is 0 Å². The lowest BCUT2D eigenvalue weighted by molar-refractivity contribution is -0.216. The van der Waals surface area contributed by atoms with Gasteiger partial charge in [-0.2, -0.15) is 0 Å². The second-order valence-electron chi connectivity index (χ2n) is 16.9. The second-order valence-corrected chi connectivity index (χ2v) is 19.5. The highest BCUT2D eigenvalue weighted by Gasteiger charge is 2.54. The van der Waals surface area contributed by atoms with E-state index in [4.69, 9.17) is 23.3 Å². The van der Waals surface area contributed by atoms with Crippen molar-refractivity contribution in [1.82, 2.24) is 0 Å². The van der Waals surface area contributed by atoms with Gasteiger partial charge < -0.3 is 49.3 Å². The Hall–Kier alpha value is -1.82. The topological polar surface area (TPSA) is 269 Å². The lowest BCUT2D eigenvalue weighted by Crippen LogP contribution is -2.64. The van der Waals surface area contributed by atoms with Gasteiger partial charge in [0.1, 0.15) is 43.2 Å². The van der Waals surface area contributed by atoms with Crippen molar-refractivity contribution >= 4 is 27.6 Å². The molecule has 17 nitrogen and oxygen atoms in total. The number of unbranched alkanes of at least 4 members (excludes halogenated alkanes) is 16. The number of phosphoric ester groups is 2. The van der Waals surface area contributed by atoms with Crippen molar-refractivity contribution in [3.63, 3.8) is 0 Å². The predicted molar refractivity (Wildman–Crippen MR) is 241 cm³/mol. The normalized spacial score (nSPS) is 25.3. The minimum Gasteiger partial charge on any atom is -0.462 e. The van der Waals surface area contributed by atoms with Crippen LogP contribution in [0.15, 0.2) is 36.5 Å². The van der Waals surface area contributed by atoms with Crippen molar-refractivity contribution < 1.29 is 81.6 Å². The van der Waals surface area contributed by atoms with E-state index in [1.165, 1.54) is 70.6 Å². The molecule has 1 aliphatic heterocycles. The smallest absolute Gasteiger partial charge is 0.462 e. The SMILES string of the molecule is CCCCC/C=C\C/C=C\CC1OC1C/C=C\CCCC(=O)O[C@H](COC(=O)CCCCCCCCCCCCCCC)COP(=O)(O)O[C@H]1C(O)C(O)C(O)[C@@H](OP(=O)(O)O)C1O. The van der Waals surface area contributed by atoms with Gasteiger partial charge in [-0.1, -0.05) is 140 Å². The number of carbonyl (C=O) groups is 2. The molecule has 7 unspecified atom stereocenters. The first-order valence-electron chi connectivity index (χ1n) is 23.7. The molecule has 0 aromatic rings. The van der Waals surface area contributed by atoms with Crippen molar-refractivity contribution in [2.24, 2.45) is 0 Å². The van der Waals surface area contributed by atoms with Crippen LogP contribution >= 0.6 is 15.6 Å². The first-order chi connectivity index (χ1) is 30.6. The fourth-order valence-electron chi connectivity index (χ4n) is 7.30. The molecule has 0 aromatic carbocycles. The maximum atomic E-state index is 13.0.